The van der Waals surface area contributed by atoms with Gasteiger partial charge in [-0.05, 0) is 78.8 Å². The maximum Gasteiger partial charge on any atom is 0.334 e. The molecule has 0 aliphatic carbocycles. The van der Waals surface area contributed by atoms with E-state index >= 15 is 0 Å². The van der Waals surface area contributed by atoms with Gasteiger partial charge < -0.3 is 39.8 Å². The summed E-state index contributed by atoms with van der Waals surface area (Å²) in [6.45, 7) is 20.6. The van der Waals surface area contributed by atoms with Gasteiger partial charge >= 0.3 is 17.1 Å². The Balaban J connectivity index is 0. The van der Waals surface area contributed by atoms with Crippen LogP contribution in [0.4, 0.5) is 0 Å². The van der Waals surface area contributed by atoms with E-state index in [1.165, 1.54) is 0 Å². The highest BCUT2D eigenvalue weighted by molar-refractivity contribution is 6.66. The van der Waals surface area contributed by atoms with Crippen molar-refractivity contribution in [2.24, 2.45) is 11.5 Å². The van der Waals surface area contributed by atoms with Crippen molar-refractivity contribution in [1.29, 1.82) is 0 Å². The second-order valence-corrected chi connectivity index (χ2v) is 14.0. The number of rotatable bonds is 20. The number of hydrogen-bond donors (Lipinski definition) is 4. The minimum atomic E-state index is -1.88. The minimum Gasteiger partial charge on any atom is -0.395 e. The highest BCUT2D eigenvalue weighted by Gasteiger charge is 2.30. The van der Waals surface area contributed by atoms with E-state index in [2.05, 4.69) is 23.7 Å². The van der Waals surface area contributed by atoms with Crippen LogP contribution in [-0.4, -0.2) is 82.8 Å². The van der Waals surface area contributed by atoms with E-state index in [-0.39, 0.29) is 0 Å². The van der Waals surface area contributed by atoms with Crippen LogP contribution in [0.15, 0.2) is 0 Å². The van der Waals surface area contributed by atoms with Crippen molar-refractivity contribution in [3.05, 3.63) is 0 Å². The molecule has 0 spiro atoms. The molecule has 0 aromatic rings. The second kappa shape index (κ2) is 22.3. The van der Waals surface area contributed by atoms with E-state index in [0.29, 0.717) is 13.1 Å². The molecule has 0 saturated heterocycles. The molecule has 0 heterocycles. The van der Waals surface area contributed by atoms with Gasteiger partial charge in [0.1, 0.15) is 0 Å². The fourth-order valence-electron chi connectivity index (χ4n) is 3.12. The molecule has 184 valence electrons. The summed E-state index contributed by atoms with van der Waals surface area (Å²) in [5.41, 5.74) is 10.8. The van der Waals surface area contributed by atoms with Crippen LogP contribution in [0.3, 0.4) is 0 Å². The van der Waals surface area contributed by atoms with Crippen LogP contribution in [-0.2, 0) is 17.7 Å². The summed E-state index contributed by atoms with van der Waals surface area (Å²) in [7, 11) is -3.76. The minimum absolute atomic E-state index is 0.700. The van der Waals surface area contributed by atoms with E-state index in [9.17, 15) is 0 Å². The van der Waals surface area contributed by atoms with Gasteiger partial charge in [-0.15, -0.1) is 0 Å². The number of hydrogen-bond acceptors (Lipinski definition) is 8. The third-order valence-corrected chi connectivity index (χ3v) is 10.5. The van der Waals surface area contributed by atoms with Crippen LogP contribution in [0.2, 0.25) is 25.2 Å². The molecule has 0 aliphatic rings. The van der Waals surface area contributed by atoms with Crippen molar-refractivity contribution in [1.82, 2.24) is 10.6 Å². The molecular formula is C20H52N4O4Si2. The molecule has 0 radical (unpaired) electrons. The standard InChI is InChI=1S/2C10H26N2O2Si/c2*1-4-13-15(3,14-5-2)10-6-8-12-9-7-11/h2*12H,4-11H2,1-3H3. The molecule has 0 bridgehead atoms. The molecule has 0 aliphatic heterocycles. The summed E-state index contributed by atoms with van der Waals surface area (Å²) in [5.74, 6) is 0. The van der Waals surface area contributed by atoms with Crippen molar-refractivity contribution in [2.75, 3.05) is 65.7 Å². The highest BCUT2D eigenvalue weighted by Crippen LogP contribution is 2.16. The largest absolute Gasteiger partial charge is 0.395 e. The van der Waals surface area contributed by atoms with Gasteiger partial charge in [-0.3, -0.25) is 0 Å². The molecule has 8 nitrogen and oxygen atoms in total. The van der Waals surface area contributed by atoms with Gasteiger partial charge in [-0.25, -0.2) is 0 Å². The lowest BCUT2D eigenvalue weighted by atomic mass is 10.5. The predicted molar refractivity (Wildman–Crippen MR) is 132 cm³/mol. The van der Waals surface area contributed by atoms with E-state index in [1.54, 1.807) is 0 Å². The molecule has 0 amide bonds. The zero-order chi connectivity index (χ0) is 23.1. The van der Waals surface area contributed by atoms with Crippen LogP contribution in [0.1, 0.15) is 40.5 Å². The highest BCUT2D eigenvalue weighted by atomic mass is 28.4. The first-order chi connectivity index (χ1) is 14.4. The maximum absolute atomic E-state index is 5.74. The molecule has 0 aromatic carbocycles. The molecule has 30 heavy (non-hydrogen) atoms. The molecular weight excluding hydrogens is 416 g/mol. The van der Waals surface area contributed by atoms with E-state index < -0.39 is 17.1 Å². The lowest BCUT2D eigenvalue weighted by molar-refractivity contribution is 0.187. The van der Waals surface area contributed by atoms with Gasteiger partial charge in [0.2, 0.25) is 0 Å². The summed E-state index contributed by atoms with van der Waals surface area (Å²) in [6, 6.07) is 2.10. The smallest absolute Gasteiger partial charge is 0.334 e. The molecule has 0 unspecified atom stereocenters. The molecule has 0 atom stereocenters. The van der Waals surface area contributed by atoms with Crippen LogP contribution in [0.5, 0.6) is 0 Å². The van der Waals surface area contributed by atoms with Crippen LogP contribution in [0.25, 0.3) is 0 Å². The quantitative estimate of drug-likeness (QED) is 0.159. The maximum atomic E-state index is 5.74. The lowest BCUT2D eigenvalue weighted by Gasteiger charge is -2.25. The summed E-state index contributed by atoms with van der Waals surface area (Å²) in [4.78, 5) is 0. The van der Waals surface area contributed by atoms with Crippen molar-refractivity contribution >= 4 is 17.1 Å². The molecule has 0 rings (SSSR count). The van der Waals surface area contributed by atoms with E-state index in [4.69, 9.17) is 29.2 Å². The Morgan fingerprint density at radius 3 is 1.10 bits per heavy atom. The summed E-state index contributed by atoms with van der Waals surface area (Å²) < 4.78 is 23.0. The fourth-order valence-corrected chi connectivity index (χ4v) is 7.94. The Labute approximate surface area is 188 Å². The lowest BCUT2D eigenvalue weighted by Crippen LogP contribution is -2.39. The molecule has 0 saturated carbocycles. The Kier molecular flexibility index (Phi) is 24.0. The van der Waals surface area contributed by atoms with Gasteiger partial charge in [0, 0.05) is 52.6 Å². The number of nitrogens with two attached hydrogens (primary N) is 2. The van der Waals surface area contributed by atoms with Gasteiger partial charge in [0.25, 0.3) is 0 Å². The van der Waals surface area contributed by atoms with Gasteiger partial charge in [-0.1, -0.05) is 0 Å². The average Bonchev–Trinajstić information content (AvgIpc) is 2.69. The van der Waals surface area contributed by atoms with Crippen LogP contribution >= 0.6 is 0 Å². The van der Waals surface area contributed by atoms with E-state index in [0.717, 1.165) is 77.5 Å². The summed E-state index contributed by atoms with van der Waals surface area (Å²) in [6.07, 6.45) is 2.20. The first kappa shape index (κ1) is 32.3. The Morgan fingerprint density at radius 2 is 0.867 bits per heavy atom. The Hall–Kier alpha value is 0.114. The van der Waals surface area contributed by atoms with Gasteiger partial charge in [-0.2, -0.15) is 0 Å². The molecule has 0 aromatic heterocycles. The first-order valence-corrected chi connectivity index (χ1v) is 16.8. The van der Waals surface area contributed by atoms with Crippen molar-refractivity contribution in [2.45, 2.75) is 65.7 Å². The number of nitrogens with one attached hydrogen (secondary N) is 2. The molecule has 6 N–H and O–H groups in total. The zero-order valence-corrected chi connectivity index (χ0v) is 22.7. The summed E-state index contributed by atoms with van der Waals surface area (Å²) >= 11 is 0. The third-order valence-electron chi connectivity index (χ3n) is 4.41. The molecule has 10 heteroatoms. The summed E-state index contributed by atoms with van der Waals surface area (Å²) in [5, 5.41) is 6.56. The van der Waals surface area contributed by atoms with Gasteiger partial charge in [0.05, 0.1) is 0 Å². The SMILES string of the molecule is CCO[Si](C)(CCCNCCN)OCC.CCO[Si](C)(CCCNCCN)OCC. The Morgan fingerprint density at radius 1 is 0.567 bits per heavy atom. The van der Waals surface area contributed by atoms with Gasteiger partial charge in [0.15, 0.2) is 0 Å². The predicted octanol–water partition coefficient (Wildman–Crippen LogP) is 2.14. The van der Waals surface area contributed by atoms with E-state index in [1.807, 2.05) is 27.7 Å². The normalized spacial score (nSPS) is 12.0. The van der Waals surface area contributed by atoms with Crippen LogP contribution < -0.4 is 22.1 Å². The monoisotopic (exact) mass is 468 g/mol. The van der Waals surface area contributed by atoms with Crippen molar-refractivity contribution < 1.29 is 17.7 Å². The fraction of sp³-hybridized carbons (Fsp3) is 1.00. The average molecular weight is 469 g/mol. The topological polar surface area (TPSA) is 113 Å². The third kappa shape index (κ3) is 20.0. The zero-order valence-electron chi connectivity index (χ0n) is 20.7. The second-order valence-electron chi connectivity index (χ2n) is 7.28. The molecule has 0 fully saturated rings. The van der Waals surface area contributed by atoms with Crippen molar-refractivity contribution in [3.63, 3.8) is 0 Å². The Bertz CT molecular complexity index is 315. The van der Waals surface area contributed by atoms with Crippen molar-refractivity contribution in [3.8, 4) is 0 Å². The first-order valence-electron chi connectivity index (χ1n) is 11.7. The van der Waals surface area contributed by atoms with Crippen LogP contribution in [0, 0.1) is 0 Å².